The Morgan fingerprint density at radius 3 is 2.38 bits per heavy atom. The molecule has 0 aromatic heterocycles. The van der Waals surface area contributed by atoms with Crippen LogP contribution in [-0.4, -0.2) is 18.5 Å². The van der Waals surface area contributed by atoms with Crippen LogP contribution in [0.25, 0.3) is 0 Å². The number of thioether (sulfide) groups is 1. The van der Waals surface area contributed by atoms with Crippen molar-refractivity contribution >= 4 is 41.7 Å². The molecule has 2 rings (SSSR count). The van der Waals surface area contributed by atoms with Gasteiger partial charge in [0.2, 0.25) is 0 Å². The topological polar surface area (TPSA) is 55.1 Å². The lowest BCUT2D eigenvalue weighted by Crippen LogP contribution is -2.28. The first-order valence-electron chi connectivity index (χ1n) is 7.55. The average molecular weight is 385 g/mol. The maximum atomic E-state index is 12.0. The molecule has 0 aliphatic heterocycles. The third kappa shape index (κ3) is 7.14. The maximum Gasteiger partial charge on any atom is 0.251 e. The summed E-state index contributed by atoms with van der Waals surface area (Å²) in [6, 6.07) is 15.6. The van der Waals surface area contributed by atoms with Gasteiger partial charge < -0.3 is 11.1 Å². The molecule has 3 N–H and O–H groups in total. The molecule has 0 saturated carbocycles. The van der Waals surface area contributed by atoms with Crippen LogP contribution in [0.5, 0.6) is 0 Å². The summed E-state index contributed by atoms with van der Waals surface area (Å²) < 4.78 is 0. The van der Waals surface area contributed by atoms with E-state index in [0.717, 1.165) is 17.2 Å². The average Bonchev–Trinajstić information content (AvgIpc) is 2.54. The van der Waals surface area contributed by atoms with Crippen LogP contribution in [0.1, 0.15) is 29.3 Å². The highest BCUT2D eigenvalue weighted by molar-refractivity contribution is 7.98. The molecule has 0 radical (unpaired) electrons. The van der Waals surface area contributed by atoms with Crippen molar-refractivity contribution in [3.05, 3.63) is 64.7 Å². The molecule has 0 heterocycles. The molecule has 0 aliphatic rings. The highest BCUT2D eigenvalue weighted by atomic mass is 35.5. The van der Waals surface area contributed by atoms with E-state index in [-0.39, 0.29) is 24.4 Å². The van der Waals surface area contributed by atoms with Gasteiger partial charge in [-0.3, -0.25) is 4.79 Å². The van der Waals surface area contributed by atoms with Crippen molar-refractivity contribution in [2.24, 2.45) is 5.73 Å². The molecule has 1 amide bonds. The van der Waals surface area contributed by atoms with E-state index in [1.807, 2.05) is 55.5 Å². The Bertz CT molecular complexity index is 630. The SMILES string of the molecule is CC(N)CCNC(=O)c1ccc(CSc2ccc(Cl)cc2)cc1.Cl. The molecule has 1 unspecified atom stereocenters. The zero-order chi connectivity index (χ0) is 16.7. The molecule has 0 saturated heterocycles. The lowest BCUT2D eigenvalue weighted by atomic mass is 10.1. The van der Waals surface area contributed by atoms with Crippen molar-refractivity contribution in [2.45, 2.75) is 30.0 Å². The first-order valence-corrected chi connectivity index (χ1v) is 8.92. The summed E-state index contributed by atoms with van der Waals surface area (Å²) in [7, 11) is 0. The minimum atomic E-state index is -0.0532. The van der Waals surface area contributed by atoms with Gasteiger partial charge in [-0.05, 0) is 55.3 Å². The van der Waals surface area contributed by atoms with Gasteiger partial charge in [-0.1, -0.05) is 23.7 Å². The zero-order valence-electron chi connectivity index (χ0n) is 13.5. The lowest BCUT2D eigenvalue weighted by Gasteiger charge is -2.08. The van der Waals surface area contributed by atoms with Gasteiger partial charge in [-0.25, -0.2) is 0 Å². The van der Waals surface area contributed by atoms with E-state index < -0.39 is 0 Å². The van der Waals surface area contributed by atoms with Crippen LogP contribution >= 0.6 is 35.8 Å². The Kier molecular flexibility index (Phi) is 9.22. The minimum absolute atomic E-state index is 0. The zero-order valence-corrected chi connectivity index (χ0v) is 15.9. The van der Waals surface area contributed by atoms with E-state index in [1.165, 1.54) is 10.5 Å². The van der Waals surface area contributed by atoms with Crippen molar-refractivity contribution in [2.75, 3.05) is 6.54 Å². The molecule has 2 aromatic carbocycles. The van der Waals surface area contributed by atoms with Crippen LogP contribution in [-0.2, 0) is 5.75 Å². The largest absolute Gasteiger partial charge is 0.352 e. The van der Waals surface area contributed by atoms with Crippen LogP contribution in [0, 0.1) is 0 Å². The van der Waals surface area contributed by atoms with E-state index in [4.69, 9.17) is 17.3 Å². The normalized spacial score (nSPS) is 11.5. The Labute approximate surface area is 158 Å². The van der Waals surface area contributed by atoms with Gasteiger partial charge >= 0.3 is 0 Å². The monoisotopic (exact) mass is 384 g/mol. The third-order valence-corrected chi connectivity index (χ3v) is 4.66. The molecular formula is C18H22Cl2N2OS. The summed E-state index contributed by atoms with van der Waals surface area (Å²) in [6.45, 7) is 2.53. The first kappa shape index (κ1) is 20.8. The van der Waals surface area contributed by atoms with E-state index in [9.17, 15) is 4.79 Å². The van der Waals surface area contributed by atoms with Crippen molar-refractivity contribution in [3.8, 4) is 0 Å². The van der Waals surface area contributed by atoms with Gasteiger partial charge in [0.25, 0.3) is 5.91 Å². The number of carbonyl (C=O) groups is 1. The second kappa shape index (κ2) is 10.6. The number of benzene rings is 2. The van der Waals surface area contributed by atoms with Crippen molar-refractivity contribution < 1.29 is 4.79 Å². The quantitative estimate of drug-likeness (QED) is 0.689. The van der Waals surface area contributed by atoms with E-state index in [0.29, 0.717) is 12.1 Å². The van der Waals surface area contributed by atoms with Crippen LogP contribution < -0.4 is 11.1 Å². The molecule has 130 valence electrons. The molecule has 3 nitrogen and oxygen atoms in total. The molecule has 2 aromatic rings. The van der Waals surface area contributed by atoms with Gasteiger partial charge in [0.05, 0.1) is 0 Å². The number of hydrogen-bond donors (Lipinski definition) is 2. The number of nitrogens with two attached hydrogens (primary N) is 1. The Morgan fingerprint density at radius 2 is 1.79 bits per heavy atom. The predicted molar refractivity (Wildman–Crippen MR) is 105 cm³/mol. The van der Waals surface area contributed by atoms with Crippen molar-refractivity contribution in [1.82, 2.24) is 5.32 Å². The fourth-order valence-electron chi connectivity index (χ4n) is 1.97. The van der Waals surface area contributed by atoms with Gasteiger partial charge in [-0.15, -0.1) is 24.2 Å². The van der Waals surface area contributed by atoms with Crippen LogP contribution in [0.15, 0.2) is 53.4 Å². The number of rotatable bonds is 7. The molecule has 1 atom stereocenters. The fourth-order valence-corrected chi connectivity index (χ4v) is 2.95. The number of halogens is 2. The van der Waals surface area contributed by atoms with Crippen LogP contribution in [0.2, 0.25) is 5.02 Å². The highest BCUT2D eigenvalue weighted by Gasteiger charge is 2.05. The number of amides is 1. The predicted octanol–water partition coefficient (Wildman–Crippen LogP) is 4.52. The van der Waals surface area contributed by atoms with Crippen LogP contribution in [0.4, 0.5) is 0 Å². The second-order valence-corrected chi connectivity index (χ2v) is 6.95. The van der Waals surface area contributed by atoms with E-state index >= 15 is 0 Å². The number of hydrogen-bond acceptors (Lipinski definition) is 3. The summed E-state index contributed by atoms with van der Waals surface area (Å²) >= 11 is 7.62. The maximum absolute atomic E-state index is 12.0. The minimum Gasteiger partial charge on any atom is -0.352 e. The smallest absolute Gasteiger partial charge is 0.251 e. The molecule has 24 heavy (non-hydrogen) atoms. The second-order valence-electron chi connectivity index (χ2n) is 5.46. The summed E-state index contributed by atoms with van der Waals surface area (Å²) in [6.07, 6.45) is 0.779. The fraction of sp³-hybridized carbons (Fsp3) is 0.278. The molecule has 0 fully saturated rings. The summed E-state index contributed by atoms with van der Waals surface area (Å²) in [4.78, 5) is 13.2. The highest BCUT2D eigenvalue weighted by Crippen LogP contribution is 2.24. The Balaban J connectivity index is 0.00000288. The van der Waals surface area contributed by atoms with Gasteiger partial charge in [0.1, 0.15) is 0 Å². The van der Waals surface area contributed by atoms with Gasteiger partial charge in [-0.2, -0.15) is 0 Å². The van der Waals surface area contributed by atoms with Gasteiger partial charge in [0, 0.05) is 33.8 Å². The Hall–Kier alpha value is -1.20. The van der Waals surface area contributed by atoms with Crippen LogP contribution in [0.3, 0.4) is 0 Å². The molecular weight excluding hydrogens is 363 g/mol. The molecule has 0 aliphatic carbocycles. The third-order valence-electron chi connectivity index (χ3n) is 3.32. The molecule has 0 bridgehead atoms. The standard InChI is InChI=1S/C18H21ClN2OS.ClH/c1-13(20)10-11-21-18(22)15-4-2-14(3-5-15)12-23-17-8-6-16(19)7-9-17;/h2-9,13H,10-12,20H2,1H3,(H,21,22);1H. The number of carbonyl (C=O) groups excluding carboxylic acids is 1. The number of nitrogens with one attached hydrogen (secondary N) is 1. The summed E-state index contributed by atoms with van der Waals surface area (Å²) in [5, 5.41) is 3.62. The molecule has 6 heteroatoms. The Morgan fingerprint density at radius 1 is 1.17 bits per heavy atom. The van der Waals surface area contributed by atoms with Gasteiger partial charge in [0.15, 0.2) is 0 Å². The van der Waals surface area contributed by atoms with E-state index in [1.54, 1.807) is 11.8 Å². The lowest BCUT2D eigenvalue weighted by molar-refractivity contribution is 0.0953. The van der Waals surface area contributed by atoms with E-state index in [2.05, 4.69) is 5.32 Å². The summed E-state index contributed by atoms with van der Waals surface area (Å²) in [5.74, 6) is 0.802. The van der Waals surface area contributed by atoms with Crippen molar-refractivity contribution in [3.63, 3.8) is 0 Å². The summed E-state index contributed by atoms with van der Waals surface area (Å²) in [5.41, 5.74) is 7.52. The van der Waals surface area contributed by atoms with Crippen molar-refractivity contribution in [1.29, 1.82) is 0 Å². The first-order chi connectivity index (χ1) is 11.0. The molecule has 0 spiro atoms.